The third-order valence-corrected chi connectivity index (χ3v) is 6.08. The average molecular weight is 494 g/mol. The van der Waals surface area contributed by atoms with Crippen LogP contribution in [-0.2, 0) is 16.3 Å². The van der Waals surface area contributed by atoms with E-state index in [1.807, 2.05) is 6.07 Å². The van der Waals surface area contributed by atoms with Crippen molar-refractivity contribution in [3.05, 3.63) is 35.9 Å². The van der Waals surface area contributed by atoms with Crippen LogP contribution in [0.15, 0.2) is 35.3 Å². The van der Waals surface area contributed by atoms with Gasteiger partial charge in [-0.1, -0.05) is 30.3 Å². The summed E-state index contributed by atoms with van der Waals surface area (Å²) in [4.78, 5) is 6.45. The molecule has 0 aromatic heterocycles. The molecule has 0 amide bonds. The molecule has 1 fully saturated rings. The predicted octanol–water partition coefficient (Wildman–Crippen LogP) is 1.52. The van der Waals surface area contributed by atoms with E-state index in [2.05, 4.69) is 51.7 Å². The van der Waals surface area contributed by atoms with E-state index in [9.17, 15) is 8.42 Å². The van der Waals surface area contributed by atoms with E-state index < -0.39 is 9.84 Å². The Morgan fingerprint density at radius 1 is 1.23 bits per heavy atom. The number of nitrogens with zero attached hydrogens (tertiary/aromatic N) is 2. The second-order valence-electron chi connectivity index (χ2n) is 6.56. The zero-order valence-electron chi connectivity index (χ0n) is 15.6. The Bertz CT molecular complexity index is 638. The van der Waals surface area contributed by atoms with Crippen LogP contribution in [0.4, 0.5) is 0 Å². The largest absolute Gasteiger partial charge is 0.355 e. The SMILES string of the molecule is CN=C(NCCN1CCS(=O)(=O)CC1)NC(C)CCc1ccccc1.I. The van der Waals surface area contributed by atoms with Crippen LogP contribution in [0.5, 0.6) is 0 Å². The zero-order valence-corrected chi connectivity index (χ0v) is 18.8. The number of aryl methyl sites for hydroxylation is 1. The number of benzene rings is 1. The Balaban J connectivity index is 0.00000338. The van der Waals surface area contributed by atoms with Crippen LogP contribution in [0.3, 0.4) is 0 Å². The summed E-state index contributed by atoms with van der Waals surface area (Å²) in [7, 11) is -1.03. The van der Waals surface area contributed by atoms with Gasteiger partial charge in [-0.2, -0.15) is 0 Å². The fourth-order valence-electron chi connectivity index (χ4n) is 2.83. The van der Waals surface area contributed by atoms with E-state index in [1.54, 1.807) is 7.05 Å². The van der Waals surface area contributed by atoms with Crippen molar-refractivity contribution in [3.63, 3.8) is 0 Å². The van der Waals surface area contributed by atoms with Crippen LogP contribution >= 0.6 is 24.0 Å². The maximum atomic E-state index is 11.4. The Hall–Kier alpha value is -0.870. The minimum Gasteiger partial charge on any atom is -0.355 e. The Labute approximate surface area is 174 Å². The monoisotopic (exact) mass is 494 g/mol. The fraction of sp³-hybridized carbons (Fsp3) is 0.611. The topological polar surface area (TPSA) is 73.8 Å². The van der Waals surface area contributed by atoms with Gasteiger partial charge in [-0.05, 0) is 25.3 Å². The molecule has 1 atom stereocenters. The molecule has 1 heterocycles. The molecule has 0 saturated carbocycles. The van der Waals surface area contributed by atoms with Gasteiger partial charge in [0.25, 0.3) is 0 Å². The van der Waals surface area contributed by atoms with Crippen molar-refractivity contribution in [1.82, 2.24) is 15.5 Å². The number of sulfone groups is 1. The van der Waals surface area contributed by atoms with Crippen LogP contribution in [0.25, 0.3) is 0 Å². The summed E-state index contributed by atoms with van der Waals surface area (Å²) in [6.07, 6.45) is 2.07. The summed E-state index contributed by atoms with van der Waals surface area (Å²) in [5.41, 5.74) is 1.35. The van der Waals surface area contributed by atoms with E-state index in [1.165, 1.54) is 5.56 Å². The average Bonchev–Trinajstić information content (AvgIpc) is 2.61. The second-order valence-corrected chi connectivity index (χ2v) is 8.87. The van der Waals surface area contributed by atoms with E-state index in [0.29, 0.717) is 19.1 Å². The molecule has 0 radical (unpaired) electrons. The van der Waals surface area contributed by atoms with Crippen molar-refractivity contribution in [2.75, 3.05) is 44.7 Å². The molecular weight excluding hydrogens is 463 g/mol. The molecule has 148 valence electrons. The first kappa shape index (κ1) is 23.2. The van der Waals surface area contributed by atoms with Crippen molar-refractivity contribution in [2.24, 2.45) is 4.99 Å². The van der Waals surface area contributed by atoms with E-state index in [0.717, 1.165) is 31.9 Å². The lowest BCUT2D eigenvalue weighted by molar-refractivity contribution is 0.299. The quantitative estimate of drug-likeness (QED) is 0.342. The van der Waals surface area contributed by atoms with Gasteiger partial charge in [0.05, 0.1) is 11.5 Å². The molecule has 1 aromatic carbocycles. The summed E-state index contributed by atoms with van der Waals surface area (Å²) in [5, 5.41) is 6.73. The summed E-state index contributed by atoms with van der Waals surface area (Å²) in [6, 6.07) is 10.8. The number of aliphatic imine (C=N–C) groups is 1. The van der Waals surface area contributed by atoms with Gasteiger partial charge in [-0.25, -0.2) is 8.42 Å². The first-order chi connectivity index (χ1) is 12.0. The highest BCUT2D eigenvalue weighted by Crippen LogP contribution is 2.05. The smallest absolute Gasteiger partial charge is 0.191 e. The van der Waals surface area contributed by atoms with Gasteiger partial charge < -0.3 is 10.6 Å². The van der Waals surface area contributed by atoms with Gasteiger partial charge in [-0.15, -0.1) is 24.0 Å². The lowest BCUT2D eigenvalue weighted by Crippen LogP contribution is -2.47. The first-order valence-electron chi connectivity index (χ1n) is 8.92. The van der Waals surface area contributed by atoms with Crippen molar-refractivity contribution in [2.45, 2.75) is 25.8 Å². The highest BCUT2D eigenvalue weighted by atomic mass is 127. The standard InChI is InChI=1S/C18H30N4O2S.HI/c1-16(8-9-17-6-4-3-5-7-17)21-18(19-2)20-10-11-22-12-14-25(23,24)15-13-22;/h3-7,16H,8-15H2,1-2H3,(H2,19,20,21);1H. The molecule has 1 aliphatic rings. The van der Waals surface area contributed by atoms with Crippen LogP contribution in [0, 0.1) is 0 Å². The molecule has 1 aliphatic heterocycles. The third-order valence-electron chi connectivity index (χ3n) is 4.47. The lowest BCUT2D eigenvalue weighted by atomic mass is 10.1. The number of rotatable bonds is 7. The molecular formula is C18H31IN4O2S. The van der Waals surface area contributed by atoms with E-state index in [4.69, 9.17) is 0 Å². The van der Waals surface area contributed by atoms with Gasteiger partial charge in [0, 0.05) is 39.3 Å². The molecule has 1 saturated heterocycles. The Kier molecular flexibility index (Phi) is 10.5. The molecule has 1 aromatic rings. The van der Waals surface area contributed by atoms with Gasteiger partial charge in [0.15, 0.2) is 15.8 Å². The molecule has 0 bridgehead atoms. The Morgan fingerprint density at radius 3 is 2.50 bits per heavy atom. The highest BCUT2D eigenvalue weighted by Gasteiger charge is 2.20. The van der Waals surface area contributed by atoms with E-state index in [-0.39, 0.29) is 35.5 Å². The molecule has 2 N–H and O–H groups in total. The number of guanidine groups is 1. The number of hydrogen-bond acceptors (Lipinski definition) is 4. The van der Waals surface area contributed by atoms with Gasteiger partial charge >= 0.3 is 0 Å². The lowest BCUT2D eigenvalue weighted by Gasteiger charge is -2.27. The molecule has 1 unspecified atom stereocenters. The number of nitrogens with one attached hydrogen (secondary N) is 2. The maximum absolute atomic E-state index is 11.4. The minimum absolute atomic E-state index is 0. The van der Waals surface area contributed by atoms with Crippen LogP contribution in [-0.4, -0.2) is 70.1 Å². The normalized spacial score (nSPS) is 18.6. The third kappa shape index (κ3) is 8.68. The van der Waals surface area contributed by atoms with E-state index >= 15 is 0 Å². The first-order valence-corrected chi connectivity index (χ1v) is 10.7. The summed E-state index contributed by atoms with van der Waals surface area (Å²) >= 11 is 0. The van der Waals surface area contributed by atoms with Crippen molar-refractivity contribution < 1.29 is 8.42 Å². The molecule has 0 aliphatic carbocycles. The number of halogens is 1. The van der Waals surface area contributed by atoms with Gasteiger partial charge in [-0.3, -0.25) is 9.89 Å². The fourth-order valence-corrected chi connectivity index (χ4v) is 4.11. The van der Waals surface area contributed by atoms with Crippen molar-refractivity contribution in [3.8, 4) is 0 Å². The molecule has 8 heteroatoms. The maximum Gasteiger partial charge on any atom is 0.191 e. The van der Waals surface area contributed by atoms with Crippen LogP contribution in [0.1, 0.15) is 18.9 Å². The van der Waals surface area contributed by atoms with Crippen molar-refractivity contribution >= 4 is 39.8 Å². The number of hydrogen-bond donors (Lipinski definition) is 2. The molecule has 6 nitrogen and oxygen atoms in total. The highest BCUT2D eigenvalue weighted by molar-refractivity contribution is 14.0. The van der Waals surface area contributed by atoms with Crippen molar-refractivity contribution in [1.29, 1.82) is 0 Å². The summed E-state index contributed by atoms with van der Waals surface area (Å²) in [6.45, 7) is 5.00. The molecule has 2 rings (SSSR count). The molecule has 26 heavy (non-hydrogen) atoms. The Morgan fingerprint density at radius 2 is 1.88 bits per heavy atom. The van der Waals surface area contributed by atoms with Gasteiger partial charge in [0.2, 0.25) is 0 Å². The summed E-state index contributed by atoms with van der Waals surface area (Å²) in [5.74, 6) is 1.35. The van der Waals surface area contributed by atoms with Gasteiger partial charge in [0.1, 0.15) is 0 Å². The predicted molar refractivity (Wildman–Crippen MR) is 119 cm³/mol. The second kappa shape index (κ2) is 11.8. The summed E-state index contributed by atoms with van der Waals surface area (Å²) < 4.78 is 22.9. The van der Waals surface area contributed by atoms with Crippen LogP contribution < -0.4 is 10.6 Å². The minimum atomic E-state index is -2.81. The molecule has 0 spiro atoms. The zero-order chi connectivity index (χ0) is 18.1. The van der Waals surface area contributed by atoms with Crippen LogP contribution in [0.2, 0.25) is 0 Å².